The van der Waals surface area contributed by atoms with Gasteiger partial charge in [0, 0.05) is 6.08 Å². The summed E-state index contributed by atoms with van der Waals surface area (Å²) >= 11 is 0. The minimum absolute atomic E-state index is 0.147. The highest BCUT2D eigenvalue weighted by Gasteiger charge is 1.96. The van der Waals surface area contributed by atoms with E-state index in [0.29, 0.717) is 0 Å². The fraction of sp³-hybridized carbons (Fsp3) is 0.400. The first-order chi connectivity index (χ1) is 5.16. The number of nitrogens with zero attached hydrogens (tertiary/aromatic N) is 1. The topological polar surface area (TPSA) is 78.7 Å². The van der Waals surface area contributed by atoms with Crippen molar-refractivity contribution in [2.24, 2.45) is 0 Å². The molecule has 0 rings (SSSR count). The first kappa shape index (κ1) is 9.41. The van der Waals surface area contributed by atoms with Crippen molar-refractivity contribution in [1.82, 2.24) is 0 Å². The van der Waals surface area contributed by atoms with Gasteiger partial charge in [-0.25, -0.2) is 4.79 Å². The second kappa shape index (κ2) is 5.21. The summed E-state index contributed by atoms with van der Waals surface area (Å²) in [6.45, 7) is 2.72. The van der Waals surface area contributed by atoms with Crippen LogP contribution in [-0.4, -0.2) is 24.3 Å². The normalized spacial score (nSPS) is 8.36. The van der Waals surface area contributed by atoms with Gasteiger partial charge in [0.05, 0.1) is 0 Å². The summed E-state index contributed by atoms with van der Waals surface area (Å²) in [7, 11) is 0. The maximum atomic E-state index is 10.3. The fourth-order valence-corrected chi connectivity index (χ4v) is 0.313. The van der Waals surface area contributed by atoms with E-state index in [9.17, 15) is 14.9 Å². The van der Waals surface area contributed by atoms with Gasteiger partial charge in [-0.15, -0.1) is 10.1 Å². The van der Waals surface area contributed by atoms with Gasteiger partial charge >= 0.3 is 5.97 Å². The molecule has 11 heavy (non-hydrogen) atoms. The predicted molar refractivity (Wildman–Crippen MR) is 34.1 cm³/mol. The Bertz CT molecular complexity index is 166. The second-order valence-electron chi connectivity index (χ2n) is 1.43. The number of ether oxygens (including phenoxy) is 1. The molecule has 0 spiro atoms. The molecular weight excluding hydrogens is 154 g/mol. The molecule has 0 aliphatic heterocycles. The SMILES string of the molecule is C=CC(=O)OCCO[N+](=O)[O-]. The molecule has 0 aromatic carbocycles. The zero-order valence-corrected chi connectivity index (χ0v) is 5.69. The average Bonchev–Trinajstić information content (AvgIpc) is 1.97. The van der Waals surface area contributed by atoms with Crippen LogP contribution >= 0.6 is 0 Å². The van der Waals surface area contributed by atoms with E-state index >= 15 is 0 Å². The largest absolute Gasteiger partial charge is 0.460 e. The standard InChI is InChI=1S/C5H7NO5/c1-2-5(7)10-3-4-11-6(8)9/h2H,1,3-4H2. The van der Waals surface area contributed by atoms with E-state index in [1.54, 1.807) is 0 Å². The van der Waals surface area contributed by atoms with E-state index in [1.165, 1.54) is 0 Å². The van der Waals surface area contributed by atoms with Gasteiger partial charge in [-0.05, 0) is 0 Å². The molecule has 0 saturated carbocycles. The Hall–Kier alpha value is -1.59. The average molecular weight is 161 g/mol. The lowest BCUT2D eigenvalue weighted by atomic mass is 10.6. The van der Waals surface area contributed by atoms with Gasteiger partial charge in [0.2, 0.25) is 0 Å². The number of carbonyl (C=O) groups is 1. The third-order valence-corrected chi connectivity index (χ3v) is 0.691. The summed E-state index contributed by atoms with van der Waals surface area (Å²) in [5.74, 6) is -0.628. The molecule has 0 radical (unpaired) electrons. The molecule has 0 heterocycles. The number of hydrogen-bond donors (Lipinski definition) is 0. The van der Waals surface area contributed by atoms with E-state index in [2.05, 4.69) is 16.2 Å². The monoisotopic (exact) mass is 161 g/mol. The van der Waals surface area contributed by atoms with Crippen molar-refractivity contribution in [3.63, 3.8) is 0 Å². The number of hydrogen-bond acceptors (Lipinski definition) is 5. The van der Waals surface area contributed by atoms with E-state index in [-0.39, 0.29) is 13.2 Å². The zero-order chi connectivity index (χ0) is 8.69. The summed E-state index contributed by atoms with van der Waals surface area (Å²) < 4.78 is 4.36. The van der Waals surface area contributed by atoms with E-state index in [0.717, 1.165) is 6.08 Å². The van der Waals surface area contributed by atoms with Crippen LogP contribution in [0.25, 0.3) is 0 Å². The highest BCUT2D eigenvalue weighted by atomic mass is 17.0. The molecule has 0 aliphatic carbocycles. The van der Waals surface area contributed by atoms with Gasteiger partial charge in [-0.1, -0.05) is 6.58 Å². The fourth-order valence-electron chi connectivity index (χ4n) is 0.313. The van der Waals surface area contributed by atoms with E-state index in [4.69, 9.17) is 0 Å². The highest BCUT2D eigenvalue weighted by Crippen LogP contribution is 1.80. The minimum Gasteiger partial charge on any atom is -0.460 e. The molecule has 62 valence electrons. The van der Waals surface area contributed by atoms with Gasteiger partial charge in [-0.3, -0.25) is 0 Å². The van der Waals surface area contributed by atoms with E-state index in [1.807, 2.05) is 0 Å². The lowest BCUT2D eigenvalue weighted by molar-refractivity contribution is -0.757. The third-order valence-electron chi connectivity index (χ3n) is 0.691. The maximum Gasteiger partial charge on any atom is 0.330 e. The zero-order valence-electron chi connectivity index (χ0n) is 5.69. The van der Waals surface area contributed by atoms with Crippen LogP contribution in [-0.2, 0) is 14.4 Å². The number of esters is 1. The molecule has 0 saturated heterocycles. The molecular formula is C5H7NO5. The van der Waals surface area contributed by atoms with Crippen LogP contribution < -0.4 is 0 Å². The lowest BCUT2D eigenvalue weighted by Gasteiger charge is -1.98. The van der Waals surface area contributed by atoms with Gasteiger partial charge in [0.15, 0.2) is 0 Å². The smallest absolute Gasteiger partial charge is 0.330 e. The summed E-state index contributed by atoms with van der Waals surface area (Å²) in [6, 6.07) is 0. The predicted octanol–water partition coefficient (Wildman–Crippen LogP) is -0.0761. The van der Waals surface area contributed by atoms with Crippen LogP contribution in [0, 0.1) is 10.1 Å². The van der Waals surface area contributed by atoms with Crippen molar-refractivity contribution in [2.75, 3.05) is 13.2 Å². The van der Waals surface area contributed by atoms with E-state index < -0.39 is 11.1 Å². The third kappa shape index (κ3) is 6.29. The van der Waals surface area contributed by atoms with Crippen molar-refractivity contribution in [3.05, 3.63) is 22.8 Å². The Kier molecular flexibility index (Phi) is 4.46. The molecule has 0 aromatic rings. The Morgan fingerprint density at radius 3 is 2.73 bits per heavy atom. The van der Waals surface area contributed by atoms with Gasteiger partial charge < -0.3 is 9.57 Å². The van der Waals surface area contributed by atoms with Crippen LogP contribution in [0.1, 0.15) is 0 Å². The van der Waals surface area contributed by atoms with Crippen molar-refractivity contribution in [1.29, 1.82) is 0 Å². The van der Waals surface area contributed by atoms with Crippen LogP contribution in [0.5, 0.6) is 0 Å². The van der Waals surface area contributed by atoms with Crippen molar-refractivity contribution >= 4 is 5.97 Å². The molecule has 0 atom stereocenters. The molecule has 6 nitrogen and oxygen atoms in total. The van der Waals surface area contributed by atoms with Crippen molar-refractivity contribution < 1.29 is 19.5 Å². The first-order valence-corrected chi connectivity index (χ1v) is 2.73. The molecule has 0 fully saturated rings. The summed E-state index contributed by atoms with van der Waals surface area (Å²) in [5, 5.41) is 8.58. The van der Waals surface area contributed by atoms with Gasteiger partial charge in [-0.2, -0.15) is 0 Å². The molecule has 0 bridgehead atoms. The quantitative estimate of drug-likeness (QED) is 0.185. The van der Waals surface area contributed by atoms with Crippen LogP contribution in [0.3, 0.4) is 0 Å². The Labute approximate surface area is 62.5 Å². The lowest BCUT2D eigenvalue weighted by Crippen LogP contribution is -2.11. The van der Waals surface area contributed by atoms with Crippen LogP contribution in [0.2, 0.25) is 0 Å². The van der Waals surface area contributed by atoms with Crippen LogP contribution in [0.4, 0.5) is 0 Å². The molecule has 0 unspecified atom stereocenters. The minimum atomic E-state index is -0.957. The highest BCUT2D eigenvalue weighted by molar-refractivity contribution is 5.81. The molecule has 0 aliphatic rings. The van der Waals surface area contributed by atoms with Gasteiger partial charge in [0.1, 0.15) is 13.2 Å². The Morgan fingerprint density at radius 1 is 1.64 bits per heavy atom. The second-order valence-corrected chi connectivity index (χ2v) is 1.43. The molecule has 0 aromatic heterocycles. The first-order valence-electron chi connectivity index (χ1n) is 2.73. The summed E-state index contributed by atoms with van der Waals surface area (Å²) in [6.07, 6.45) is 0.964. The number of carbonyl (C=O) groups excluding carboxylic acids is 1. The molecule has 6 heteroatoms. The summed E-state index contributed by atoms with van der Waals surface area (Å²) in [5.41, 5.74) is 0. The molecule has 0 N–H and O–H groups in total. The Morgan fingerprint density at radius 2 is 2.27 bits per heavy atom. The molecule has 0 amide bonds. The van der Waals surface area contributed by atoms with Crippen molar-refractivity contribution in [3.8, 4) is 0 Å². The van der Waals surface area contributed by atoms with Crippen LogP contribution in [0.15, 0.2) is 12.7 Å². The Balaban J connectivity index is 3.21. The summed E-state index contributed by atoms with van der Waals surface area (Å²) in [4.78, 5) is 23.7. The maximum absolute atomic E-state index is 10.3. The van der Waals surface area contributed by atoms with Gasteiger partial charge in [0.25, 0.3) is 5.09 Å². The number of rotatable bonds is 5. The van der Waals surface area contributed by atoms with Crippen molar-refractivity contribution in [2.45, 2.75) is 0 Å².